The van der Waals surface area contributed by atoms with Crippen LogP contribution < -0.4 is 10.1 Å². The van der Waals surface area contributed by atoms with Crippen molar-refractivity contribution in [1.82, 2.24) is 4.98 Å². The molecular formula is C27H28N2O2. The molecule has 0 atom stereocenters. The van der Waals surface area contributed by atoms with E-state index >= 15 is 0 Å². The number of nitrogens with zero attached hydrogens (tertiary/aromatic N) is 1. The number of ether oxygens (including phenoxy) is 1. The van der Waals surface area contributed by atoms with E-state index in [4.69, 9.17) is 4.74 Å². The normalized spacial score (nSPS) is 14.9. The van der Waals surface area contributed by atoms with Gasteiger partial charge in [0.2, 0.25) is 5.91 Å². The fourth-order valence-electron chi connectivity index (χ4n) is 4.13. The summed E-state index contributed by atoms with van der Waals surface area (Å²) >= 11 is 0. The lowest BCUT2D eigenvalue weighted by Crippen LogP contribution is -2.29. The zero-order valence-corrected chi connectivity index (χ0v) is 18.3. The third-order valence-corrected chi connectivity index (χ3v) is 6.53. The molecule has 1 aliphatic carbocycles. The zero-order valence-electron chi connectivity index (χ0n) is 18.3. The molecule has 4 rings (SSSR count). The Kier molecular flexibility index (Phi) is 5.64. The standard InChI is InChI=1S/C27H28N2O2/c1-26(2,22-7-4-8-24(18-22)31-3)27(15-16-27)14-13-25(30)29-23-11-9-20(10-12-23)21-6-5-17-28-19-21/h4-14,17-19H,15-16H2,1-3H3,(H,29,30). The largest absolute Gasteiger partial charge is 0.497 e. The maximum absolute atomic E-state index is 12.6. The van der Waals surface area contributed by atoms with Crippen molar-refractivity contribution in [1.29, 1.82) is 0 Å². The van der Waals surface area contributed by atoms with E-state index in [1.807, 2.05) is 54.7 Å². The van der Waals surface area contributed by atoms with Gasteiger partial charge in [0.15, 0.2) is 0 Å². The second-order valence-corrected chi connectivity index (χ2v) is 8.65. The molecule has 1 aliphatic rings. The number of hydrogen-bond acceptors (Lipinski definition) is 3. The molecule has 1 fully saturated rings. The highest BCUT2D eigenvalue weighted by Gasteiger charge is 2.53. The summed E-state index contributed by atoms with van der Waals surface area (Å²) < 4.78 is 5.40. The number of aromatic nitrogens is 1. The number of amides is 1. The van der Waals surface area contributed by atoms with Gasteiger partial charge in [-0.1, -0.05) is 50.3 Å². The predicted octanol–water partition coefficient (Wildman–Crippen LogP) is 6.01. The molecule has 31 heavy (non-hydrogen) atoms. The SMILES string of the molecule is COc1cccc(C(C)(C)C2(C=CC(=O)Nc3ccc(-c4cccnc4)cc3)CC2)c1. The van der Waals surface area contributed by atoms with Crippen LogP contribution in [0.15, 0.2) is 85.2 Å². The molecular weight excluding hydrogens is 384 g/mol. The summed E-state index contributed by atoms with van der Waals surface area (Å²) in [6.07, 6.45) is 9.50. The average Bonchev–Trinajstić information content (AvgIpc) is 3.61. The molecule has 0 radical (unpaired) electrons. The molecule has 0 aliphatic heterocycles. The molecule has 1 aromatic heterocycles. The Morgan fingerprint density at radius 1 is 1.06 bits per heavy atom. The van der Waals surface area contributed by atoms with Gasteiger partial charge in [0.1, 0.15) is 5.75 Å². The zero-order chi connectivity index (χ0) is 21.9. The highest BCUT2D eigenvalue weighted by Crippen LogP contribution is 2.60. The van der Waals surface area contributed by atoms with Gasteiger partial charge in [-0.2, -0.15) is 0 Å². The van der Waals surface area contributed by atoms with E-state index < -0.39 is 0 Å². The summed E-state index contributed by atoms with van der Waals surface area (Å²) in [6, 6.07) is 20.0. The van der Waals surface area contributed by atoms with E-state index in [9.17, 15) is 4.79 Å². The molecule has 1 saturated carbocycles. The van der Waals surface area contributed by atoms with Crippen LogP contribution >= 0.6 is 0 Å². The summed E-state index contributed by atoms with van der Waals surface area (Å²) in [5, 5.41) is 2.97. The second-order valence-electron chi connectivity index (χ2n) is 8.65. The van der Waals surface area contributed by atoms with Crippen LogP contribution in [0.2, 0.25) is 0 Å². The van der Waals surface area contributed by atoms with Crippen molar-refractivity contribution in [3.8, 4) is 16.9 Å². The quantitative estimate of drug-likeness (QED) is 0.484. The Balaban J connectivity index is 1.44. The van der Waals surface area contributed by atoms with Crippen LogP contribution in [0.3, 0.4) is 0 Å². The van der Waals surface area contributed by atoms with Gasteiger partial charge in [-0.05, 0) is 76.8 Å². The third kappa shape index (κ3) is 4.38. The van der Waals surface area contributed by atoms with Crippen molar-refractivity contribution in [3.63, 3.8) is 0 Å². The molecule has 1 heterocycles. The van der Waals surface area contributed by atoms with Gasteiger partial charge in [0, 0.05) is 18.1 Å². The Morgan fingerprint density at radius 2 is 1.84 bits per heavy atom. The number of carbonyl (C=O) groups excluding carboxylic acids is 1. The molecule has 4 nitrogen and oxygen atoms in total. The fraction of sp³-hybridized carbons (Fsp3) is 0.259. The first kappa shape index (κ1) is 20.9. The molecule has 3 aromatic rings. The number of rotatable bonds is 7. The van der Waals surface area contributed by atoms with E-state index in [0.29, 0.717) is 0 Å². The van der Waals surface area contributed by atoms with Gasteiger partial charge in [0.25, 0.3) is 0 Å². The van der Waals surface area contributed by atoms with E-state index in [-0.39, 0.29) is 16.7 Å². The van der Waals surface area contributed by atoms with Crippen LogP contribution in [0, 0.1) is 5.41 Å². The predicted molar refractivity (Wildman–Crippen MR) is 125 cm³/mol. The maximum atomic E-state index is 12.6. The molecule has 1 N–H and O–H groups in total. The van der Waals surface area contributed by atoms with Crippen molar-refractivity contribution in [2.45, 2.75) is 32.1 Å². The van der Waals surface area contributed by atoms with Crippen molar-refractivity contribution in [2.75, 3.05) is 12.4 Å². The smallest absolute Gasteiger partial charge is 0.248 e. The lowest BCUT2D eigenvalue weighted by Gasteiger charge is -2.33. The molecule has 0 bridgehead atoms. The number of hydrogen-bond donors (Lipinski definition) is 1. The summed E-state index contributed by atoms with van der Waals surface area (Å²) in [5.41, 5.74) is 4.01. The van der Waals surface area contributed by atoms with Gasteiger partial charge in [-0.25, -0.2) is 0 Å². The lowest BCUT2D eigenvalue weighted by molar-refractivity contribution is -0.111. The summed E-state index contributed by atoms with van der Waals surface area (Å²) in [5.74, 6) is 0.750. The van der Waals surface area contributed by atoms with Gasteiger partial charge in [-0.3, -0.25) is 9.78 Å². The second kappa shape index (κ2) is 8.38. The first-order chi connectivity index (χ1) is 14.9. The molecule has 4 heteroatoms. The van der Waals surface area contributed by atoms with Crippen LogP contribution in [-0.2, 0) is 10.2 Å². The minimum Gasteiger partial charge on any atom is -0.497 e. The molecule has 0 unspecified atom stereocenters. The topological polar surface area (TPSA) is 51.2 Å². The number of benzene rings is 2. The molecule has 1 amide bonds. The molecule has 0 spiro atoms. The maximum Gasteiger partial charge on any atom is 0.248 e. The van der Waals surface area contributed by atoms with Crippen molar-refractivity contribution >= 4 is 11.6 Å². The van der Waals surface area contributed by atoms with E-state index in [2.05, 4.69) is 42.4 Å². The Bertz CT molecular complexity index is 1080. The van der Waals surface area contributed by atoms with Gasteiger partial charge in [0.05, 0.1) is 7.11 Å². The van der Waals surface area contributed by atoms with E-state index in [1.54, 1.807) is 19.4 Å². The lowest BCUT2D eigenvalue weighted by atomic mass is 9.70. The number of pyridine rings is 1. The van der Waals surface area contributed by atoms with Crippen molar-refractivity contribution < 1.29 is 9.53 Å². The highest BCUT2D eigenvalue weighted by molar-refractivity contribution is 5.99. The average molecular weight is 413 g/mol. The number of allylic oxidation sites excluding steroid dienone is 1. The monoisotopic (exact) mass is 412 g/mol. The van der Waals surface area contributed by atoms with Crippen LogP contribution in [-0.4, -0.2) is 18.0 Å². The third-order valence-electron chi connectivity index (χ3n) is 6.53. The van der Waals surface area contributed by atoms with Crippen molar-refractivity contribution in [2.24, 2.45) is 5.41 Å². The molecule has 0 saturated heterocycles. The Labute approximate surface area is 184 Å². The minimum absolute atomic E-state index is 0.0130. The van der Waals surface area contributed by atoms with Crippen LogP contribution in [0.25, 0.3) is 11.1 Å². The molecule has 2 aromatic carbocycles. The van der Waals surface area contributed by atoms with Crippen LogP contribution in [0.5, 0.6) is 5.75 Å². The fourth-order valence-corrected chi connectivity index (χ4v) is 4.13. The first-order valence-electron chi connectivity index (χ1n) is 10.6. The van der Waals surface area contributed by atoms with Gasteiger partial charge >= 0.3 is 0 Å². The Morgan fingerprint density at radius 3 is 2.48 bits per heavy atom. The summed E-state index contributed by atoms with van der Waals surface area (Å²) in [7, 11) is 1.69. The van der Waals surface area contributed by atoms with Crippen LogP contribution in [0.1, 0.15) is 32.3 Å². The van der Waals surface area contributed by atoms with E-state index in [0.717, 1.165) is 35.4 Å². The van der Waals surface area contributed by atoms with E-state index in [1.165, 1.54) is 5.56 Å². The summed E-state index contributed by atoms with van der Waals surface area (Å²) in [4.78, 5) is 16.7. The summed E-state index contributed by atoms with van der Waals surface area (Å²) in [6.45, 7) is 4.49. The first-order valence-corrected chi connectivity index (χ1v) is 10.6. The van der Waals surface area contributed by atoms with Crippen molar-refractivity contribution in [3.05, 3.63) is 90.8 Å². The van der Waals surface area contributed by atoms with Crippen LogP contribution in [0.4, 0.5) is 5.69 Å². The number of methoxy groups -OCH3 is 1. The minimum atomic E-state index is -0.109. The Hall–Kier alpha value is -3.40. The number of carbonyl (C=O) groups is 1. The number of anilines is 1. The molecule has 158 valence electrons. The van der Waals surface area contributed by atoms with Gasteiger partial charge < -0.3 is 10.1 Å². The highest BCUT2D eigenvalue weighted by atomic mass is 16.5. The number of nitrogens with one attached hydrogen (secondary N) is 1. The van der Waals surface area contributed by atoms with Gasteiger partial charge in [-0.15, -0.1) is 0 Å².